The van der Waals surface area contributed by atoms with Gasteiger partial charge in [0.1, 0.15) is 0 Å². The van der Waals surface area contributed by atoms with Gasteiger partial charge in [-0.15, -0.1) is 0 Å². The minimum atomic E-state index is 0.563. The molecule has 0 aliphatic rings. The van der Waals surface area contributed by atoms with Gasteiger partial charge in [0, 0.05) is 6.20 Å². The van der Waals surface area contributed by atoms with Crippen LogP contribution in [0.2, 0.25) is 0 Å². The Hall–Kier alpha value is -0.830. The van der Waals surface area contributed by atoms with Crippen molar-refractivity contribution in [2.45, 2.75) is 52.0 Å². The molecular formula is C12H23N3. The van der Waals surface area contributed by atoms with Crippen molar-refractivity contribution in [3.05, 3.63) is 18.0 Å². The van der Waals surface area contributed by atoms with Crippen LogP contribution in [0.5, 0.6) is 0 Å². The first-order chi connectivity index (χ1) is 7.31. The zero-order valence-corrected chi connectivity index (χ0v) is 9.95. The lowest BCUT2D eigenvalue weighted by Gasteiger charge is -2.12. The third kappa shape index (κ3) is 3.67. The summed E-state index contributed by atoms with van der Waals surface area (Å²) < 4.78 is 2.11. The number of hydrogen-bond acceptors (Lipinski definition) is 2. The van der Waals surface area contributed by atoms with Gasteiger partial charge in [-0.2, -0.15) is 5.10 Å². The van der Waals surface area contributed by atoms with E-state index in [1.807, 2.05) is 0 Å². The van der Waals surface area contributed by atoms with Crippen LogP contribution in [0, 0.1) is 0 Å². The van der Waals surface area contributed by atoms with Crippen molar-refractivity contribution in [1.29, 1.82) is 0 Å². The van der Waals surface area contributed by atoms with Gasteiger partial charge in [0.25, 0.3) is 0 Å². The summed E-state index contributed by atoms with van der Waals surface area (Å²) in [5.74, 6) is 0. The minimum absolute atomic E-state index is 0.563. The van der Waals surface area contributed by atoms with Gasteiger partial charge in [-0.25, -0.2) is 0 Å². The van der Waals surface area contributed by atoms with E-state index in [-0.39, 0.29) is 0 Å². The monoisotopic (exact) mass is 209 g/mol. The second kappa shape index (κ2) is 6.62. The van der Waals surface area contributed by atoms with Gasteiger partial charge in [0.05, 0.1) is 11.7 Å². The first-order valence-electron chi connectivity index (χ1n) is 6.05. The lowest BCUT2D eigenvalue weighted by molar-refractivity contribution is 0.425. The third-order valence-electron chi connectivity index (χ3n) is 2.87. The molecule has 0 aromatic carbocycles. The maximum Gasteiger partial charge on any atom is 0.0624 e. The van der Waals surface area contributed by atoms with E-state index in [0.29, 0.717) is 6.04 Å². The molecule has 0 atom stereocenters. The fourth-order valence-corrected chi connectivity index (χ4v) is 1.83. The highest BCUT2D eigenvalue weighted by atomic mass is 15.3. The van der Waals surface area contributed by atoms with Crippen molar-refractivity contribution >= 4 is 0 Å². The minimum Gasteiger partial charge on any atom is -0.330 e. The molecule has 3 heteroatoms. The number of nitrogens with two attached hydrogens (primary N) is 1. The Balaban J connectivity index is 2.47. The van der Waals surface area contributed by atoms with Crippen molar-refractivity contribution < 1.29 is 0 Å². The van der Waals surface area contributed by atoms with Crippen molar-refractivity contribution in [3.8, 4) is 0 Å². The summed E-state index contributed by atoms with van der Waals surface area (Å²) in [7, 11) is 0. The largest absolute Gasteiger partial charge is 0.330 e. The Kier molecular flexibility index (Phi) is 5.40. The average Bonchev–Trinajstić information content (AvgIpc) is 2.69. The van der Waals surface area contributed by atoms with Gasteiger partial charge in [0.2, 0.25) is 0 Å². The van der Waals surface area contributed by atoms with Crippen LogP contribution in [0.3, 0.4) is 0 Å². The van der Waals surface area contributed by atoms with Gasteiger partial charge >= 0.3 is 0 Å². The zero-order chi connectivity index (χ0) is 11.1. The van der Waals surface area contributed by atoms with Crippen LogP contribution in [0.15, 0.2) is 12.3 Å². The summed E-state index contributed by atoms with van der Waals surface area (Å²) in [5.41, 5.74) is 6.67. The van der Waals surface area contributed by atoms with Crippen LogP contribution >= 0.6 is 0 Å². The van der Waals surface area contributed by atoms with Gasteiger partial charge in [0.15, 0.2) is 0 Å². The van der Waals surface area contributed by atoms with Crippen molar-refractivity contribution in [3.63, 3.8) is 0 Å². The van der Waals surface area contributed by atoms with Crippen molar-refractivity contribution in [1.82, 2.24) is 9.78 Å². The molecule has 0 saturated heterocycles. The fraction of sp³-hybridized carbons (Fsp3) is 0.750. The van der Waals surface area contributed by atoms with Crippen molar-refractivity contribution in [2.75, 3.05) is 6.54 Å². The smallest absolute Gasteiger partial charge is 0.0624 e. The topological polar surface area (TPSA) is 43.8 Å². The van der Waals surface area contributed by atoms with Crippen LogP contribution in [-0.2, 0) is 6.42 Å². The molecule has 3 nitrogen and oxygen atoms in total. The molecule has 1 heterocycles. The number of aryl methyl sites for hydroxylation is 1. The second-order valence-electron chi connectivity index (χ2n) is 4.00. The number of rotatable bonds is 7. The molecule has 15 heavy (non-hydrogen) atoms. The van der Waals surface area contributed by atoms with E-state index in [0.717, 1.165) is 38.6 Å². The predicted molar refractivity (Wildman–Crippen MR) is 63.8 cm³/mol. The number of hydrogen-bond donors (Lipinski definition) is 1. The molecule has 0 fully saturated rings. The maximum atomic E-state index is 5.46. The Bertz CT molecular complexity index is 264. The maximum absolute atomic E-state index is 5.46. The highest BCUT2D eigenvalue weighted by Crippen LogP contribution is 2.15. The van der Waals surface area contributed by atoms with E-state index in [1.165, 1.54) is 5.69 Å². The average molecular weight is 209 g/mol. The molecule has 86 valence electrons. The van der Waals surface area contributed by atoms with Crippen molar-refractivity contribution in [2.24, 2.45) is 5.73 Å². The van der Waals surface area contributed by atoms with E-state index in [4.69, 9.17) is 5.73 Å². The normalized spacial score (nSPS) is 11.2. The molecular weight excluding hydrogens is 186 g/mol. The highest BCUT2D eigenvalue weighted by Gasteiger charge is 2.07. The SMILES string of the molecule is CCC(CC)n1ccc(CCCCN)n1. The number of nitrogens with zero attached hydrogens (tertiary/aromatic N) is 2. The van der Waals surface area contributed by atoms with Gasteiger partial charge in [-0.05, 0) is 44.7 Å². The number of unbranched alkanes of at least 4 members (excludes halogenated alkanes) is 1. The van der Waals surface area contributed by atoms with Gasteiger partial charge in [-0.3, -0.25) is 4.68 Å². The molecule has 0 aliphatic carbocycles. The van der Waals surface area contributed by atoms with E-state index in [9.17, 15) is 0 Å². The summed E-state index contributed by atoms with van der Waals surface area (Å²) >= 11 is 0. The fourth-order valence-electron chi connectivity index (χ4n) is 1.83. The summed E-state index contributed by atoms with van der Waals surface area (Å²) in [6.07, 6.45) is 7.72. The van der Waals surface area contributed by atoms with Gasteiger partial charge < -0.3 is 5.73 Å². The first-order valence-corrected chi connectivity index (χ1v) is 6.05. The molecule has 0 saturated carbocycles. The summed E-state index contributed by atoms with van der Waals surface area (Å²) in [4.78, 5) is 0. The zero-order valence-electron chi connectivity index (χ0n) is 9.95. The van der Waals surface area contributed by atoms with Crippen LogP contribution in [0.1, 0.15) is 51.3 Å². The molecule has 0 bridgehead atoms. The molecule has 1 aromatic rings. The number of aromatic nitrogens is 2. The highest BCUT2D eigenvalue weighted by molar-refractivity contribution is 4.99. The van der Waals surface area contributed by atoms with Crippen LogP contribution in [0.4, 0.5) is 0 Å². The molecule has 0 spiro atoms. The van der Waals surface area contributed by atoms with Crippen LogP contribution in [0.25, 0.3) is 0 Å². The van der Waals surface area contributed by atoms with Crippen LogP contribution in [-0.4, -0.2) is 16.3 Å². The van der Waals surface area contributed by atoms with E-state index >= 15 is 0 Å². The Labute approximate surface area is 92.7 Å². The Morgan fingerprint density at radius 1 is 1.33 bits per heavy atom. The van der Waals surface area contributed by atoms with Crippen LogP contribution < -0.4 is 5.73 Å². The summed E-state index contributed by atoms with van der Waals surface area (Å²) in [6, 6.07) is 2.70. The lowest BCUT2D eigenvalue weighted by atomic mass is 10.2. The first kappa shape index (κ1) is 12.2. The van der Waals surface area contributed by atoms with E-state index < -0.39 is 0 Å². The quantitative estimate of drug-likeness (QED) is 0.701. The summed E-state index contributed by atoms with van der Waals surface area (Å²) in [6.45, 7) is 5.21. The standard InChI is InChI=1S/C12H23N3/c1-3-12(4-2)15-10-8-11(14-15)7-5-6-9-13/h8,10,12H,3-7,9,13H2,1-2H3. The predicted octanol–water partition coefficient (Wildman–Crippen LogP) is 2.53. The van der Waals surface area contributed by atoms with Gasteiger partial charge in [-0.1, -0.05) is 13.8 Å². The molecule has 0 aliphatic heterocycles. The molecule has 0 radical (unpaired) electrons. The molecule has 0 unspecified atom stereocenters. The third-order valence-corrected chi connectivity index (χ3v) is 2.87. The summed E-state index contributed by atoms with van der Waals surface area (Å²) in [5, 5.41) is 4.60. The molecule has 1 aromatic heterocycles. The lowest BCUT2D eigenvalue weighted by Crippen LogP contribution is -2.08. The van der Waals surface area contributed by atoms with E-state index in [2.05, 4.69) is 35.9 Å². The Morgan fingerprint density at radius 3 is 2.67 bits per heavy atom. The molecule has 0 amide bonds. The Morgan fingerprint density at radius 2 is 2.07 bits per heavy atom. The molecule has 2 N–H and O–H groups in total. The second-order valence-corrected chi connectivity index (χ2v) is 4.00. The molecule has 1 rings (SSSR count). The van der Waals surface area contributed by atoms with E-state index in [1.54, 1.807) is 0 Å².